The maximum absolute atomic E-state index is 13.5. The molecule has 2 N–H and O–H groups in total. The normalized spacial score (nSPS) is 16.2. The highest BCUT2D eigenvalue weighted by molar-refractivity contribution is 6.09. The van der Waals surface area contributed by atoms with E-state index in [4.69, 9.17) is 5.73 Å². The Hall–Kier alpha value is -3.94. The number of primary amides is 1. The third-order valence-corrected chi connectivity index (χ3v) is 6.05. The summed E-state index contributed by atoms with van der Waals surface area (Å²) in [5, 5.41) is 4.37. The summed E-state index contributed by atoms with van der Waals surface area (Å²) in [5.41, 5.74) is 8.88. The Morgan fingerprint density at radius 2 is 1.50 bits per heavy atom. The molecule has 3 amide bonds. The minimum atomic E-state index is -0.646. The third-order valence-electron chi connectivity index (χ3n) is 6.05. The number of carbonyl (C=O) groups excluding carboxylic acids is 3. The van der Waals surface area contributed by atoms with Gasteiger partial charge in [-0.1, -0.05) is 18.2 Å². The van der Waals surface area contributed by atoms with Gasteiger partial charge in [-0.2, -0.15) is 5.10 Å². The monoisotopic (exact) mass is 429 g/mol. The Labute approximate surface area is 185 Å². The number of hydrogen-bond acceptors (Lipinski definition) is 4. The van der Waals surface area contributed by atoms with Crippen molar-refractivity contribution in [2.24, 2.45) is 5.73 Å². The first-order valence-corrected chi connectivity index (χ1v) is 10.7. The molecule has 1 saturated heterocycles. The Balaban J connectivity index is 1.49. The second kappa shape index (κ2) is 7.96. The fourth-order valence-corrected chi connectivity index (χ4v) is 4.45. The zero-order valence-electron chi connectivity index (χ0n) is 17.5. The van der Waals surface area contributed by atoms with E-state index in [2.05, 4.69) is 5.10 Å². The van der Waals surface area contributed by atoms with Crippen LogP contribution in [0.1, 0.15) is 45.8 Å². The molecule has 0 saturated carbocycles. The fraction of sp³-hybridized carbons (Fsp3) is 0.250. The molecule has 3 aromatic rings. The van der Waals surface area contributed by atoms with Gasteiger partial charge in [-0.15, -0.1) is 0 Å². The van der Waals surface area contributed by atoms with Gasteiger partial charge in [0, 0.05) is 36.4 Å². The first-order chi connectivity index (χ1) is 15.5. The molecular formula is C24H23N5O3. The number of aromatic nitrogens is 2. The lowest BCUT2D eigenvalue weighted by Gasteiger charge is -2.29. The molecule has 2 aliphatic heterocycles. The highest BCUT2D eigenvalue weighted by atomic mass is 16.2. The lowest BCUT2D eigenvalue weighted by Crippen LogP contribution is -2.39. The first-order valence-electron chi connectivity index (χ1n) is 10.7. The number of benzene rings is 2. The van der Waals surface area contributed by atoms with Gasteiger partial charge in [0.25, 0.3) is 11.8 Å². The van der Waals surface area contributed by atoms with Crippen LogP contribution >= 0.6 is 0 Å². The second-order valence-corrected chi connectivity index (χ2v) is 8.01. The number of nitrogens with zero attached hydrogens (tertiary/aromatic N) is 4. The number of para-hydroxylation sites is 1. The van der Waals surface area contributed by atoms with Crippen LogP contribution in [0.4, 0.5) is 11.4 Å². The maximum atomic E-state index is 13.5. The van der Waals surface area contributed by atoms with E-state index in [1.54, 1.807) is 9.80 Å². The quantitative estimate of drug-likeness (QED) is 0.689. The average Bonchev–Trinajstić information content (AvgIpc) is 3.22. The number of fused-ring (bicyclic) bond motifs is 1. The van der Waals surface area contributed by atoms with Crippen molar-refractivity contribution in [1.29, 1.82) is 0 Å². The van der Waals surface area contributed by atoms with Gasteiger partial charge in [0.15, 0.2) is 5.69 Å². The van der Waals surface area contributed by atoms with E-state index < -0.39 is 5.91 Å². The van der Waals surface area contributed by atoms with Crippen LogP contribution in [0.2, 0.25) is 0 Å². The van der Waals surface area contributed by atoms with Crippen LogP contribution in [0.25, 0.3) is 5.69 Å². The topological polar surface area (TPSA) is 102 Å². The van der Waals surface area contributed by atoms with Gasteiger partial charge >= 0.3 is 0 Å². The molecule has 162 valence electrons. The predicted octanol–water partition coefficient (Wildman–Crippen LogP) is 2.69. The predicted molar refractivity (Wildman–Crippen MR) is 120 cm³/mol. The lowest BCUT2D eigenvalue weighted by molar-refractivity contribution is -0.119. The van der Waals surface area contributed by atoms with E-state index >= 15 is 0 Å². The van der Waals surface area contributed by atoms with Crippen molar-refractivity contribution in [2.45, 2.75) is 25.7 Å². The number of piperidine rings is 1. The van der Waals surface area contributed by atoms with E-state index in [-0.39, 0.29) is 17.5 Å². The largest absolute Gasteiger partial charge is 0.364 e. The van der Waals surface area contributed by atoms with Crippen LogP contribution in [0.3, 0.4) is 0 Å². The number of hydrogen-bond donors (Lipinski definition) is 1. The number of rotatable bonds is 4. The average molecular weight is 429 g/mol. The summed E-state index contributed by atoms with van der Waals surface area (Å²) in [7, 11) is 0. The molecule has 1 fully saturated rings. The van der Waals surface area contributed by atoms with Crippen molar-refractivity contribution in [3.05, 3.63) is 71.5 Å². The van der Waals surface area contributed by atoms with Crippen LogP contribution < -0.4 is 15.5 Å². The second-order valence-electron chi connectivity index (χ2n) is 8.01. The van der Waals surface area contributed by atoms with E-state index in [0.717, 1.165) is 30.8 Å². The number of carbonyl (C=O) groups is 3. The Morgan fingerprint density at radius 1 is 0.812 bits per heavy atom. The molecule has 32 heavy (non-hydrogen) atoms. The SMILES string of the molecule is NC(=O)c1nn(-c2ccccc2)c2c1CCN(c1ccc(N3CCCCC3=O)cc1)C2=O. The Morgan fingerprint density at radius 3 is 2.16 bits per heavy atom. The number of anilines is 2. The van der Waals surface area contributed by atoms with Crippen LogP contribution in [0.15, 0.2) is 54.6 Å². The van der Waals surface area contributed by atoms with Crippen molar-refractivity contribution in [1.82, 2.24) is 9.78 Å². The molecule has 0 bridgehead atoms. The molecule has 8 nitrogen and oxygen atoms in total. The molecule has 5 rings (SSSR count). The van der Waals surface area contributed by atoms with Gasteiger partial charge in [-0.25, -0.2) is 4.68 Å². The summed E-state index contributed by atoms with van der Waals surface area (Å²) in [5.74, 6) is -0.752. The molecule has 2 aromatic carbocycles. The summed E-state index contributed by atoms with van der Waals surface area (Å²) >= 11 is 0. The summed E-state index contributed by atoms with van der Waals surface area (Å²) in [4.78, 5) is 41.2. The van der Waals surface area contributed by atoms with Gasteiger partial charge in [-0.3, -0.25) is 14.4 Å². The molecule has 8 heteroatoms. The van der Waals surface area contributed by atoms with Crippen molar-refractivity contribution in [2.75, 3.05) is 22.9 Å². The smallest absolute Gasteiger partial charge is 0.277 e. The summed E-state index contributed by atoms with van der Waals surface area (Å²) in [6.07, 6.45) is 2.96. The van der Waals surface area contributed by atoms with E-state index in [0.29, 0.717) is 36.3 Å². The number of amides is 3. The van der Waals surface area contributed by atoms with Gasteiger partial charge in [0.2, 0.25) is 5.91 Å². The third kappa shape index (κ3) is 3.33. The van der Waals surface area contributed by atoms with Gasteiger partial charge in [-0.05, 0) is 55.7 Å². The highest BCUT2D eigenvalue weighted by Gasteiger charge is 2.34. The molecule has 3 heterocycles. The van der Waals surface area contributed by atoms with Gasteiger partial charge < -0.3 is 15.5 Å². The van der Waals surface area contributed by atoms with E-state index in [1.807, 2.05) is 54.6 Å². The number of nitrogens with two attached hydrogens (primary N) is 1. The molecule has 0 aliphatic carbocycles. The Bertz CT molecular complexity index is 1200. The van der Waals surface area contributed by atoms with Crippen molar-refractivity contribution in [3.63, 3.8) is 0 Å². The van der Waals surface area contributed by atoms with Crippen LogP contribution in [0, 0.1) is 0 Å². The summed E-state index contributed by atoms with van der Waals surface area (Å²) in [6.45, 7) is 1.13. The van der Waals surface area contributed by atoms with Crippen molar-refractivity contribution < 1.29 is 14.4 Å². The molecule has 0 radical (unpaired) electrons. The summed E-state index contributed by atoms with van der Waals surface area (Å²) in [6, 6.07) is 16.7. The van der Waals surface area contributed by atoms with Gasteiger partial charge in [0.1, 0.15) is 5.69 Å². The molecular weight excluding hydrogens is 406 g/mol. The zero-order valence-corrected chi connectivity index (χ0v) is 17.5. The van der Waals surface area contributed by atoms with Crippen LogP contribution in [0.5, 0.6) is 0 Å². The van der Waals surface area contributed by atoms with Crippen molar-refractivity contribution >= 4 is 29.1 Å². The Kier molecular flexibility index (Phi) is 4.97. The zero-order chi connectivity index (χ0) is 22.2. The lowest BCUT2D eigenvalue weighted by atomic mass is 10.0. The highest BCUT2D eigenvalue weighted by Crippen LogP contribution is 2.30. The minimum absolute atomic E-state index is 0.133. The van der Waals surface area contributed by atoms with E-state index in [9.17, 15) is 14.4 Å². The summed E-state index contributed by atoms with van der Waals surface area (Å²) < 4.78 is 1.50. The van der Waals surface area contributed by atoms with Gasteiger partial charge in [0.05, 0.1) is 5.69 Å². The molecule has 0 atom stereocenters. The van der Waals surface area contributed by atoms with Crippen LogP contribution in [-0.2, 0) is 11.2 Å². The van der Waals surface area contributed by atoms with E-state index in [1.165, 1.54) is 4.68 Å². The molecule has 1 aromatic heterocycles. The molecule has 0 spiro atoms. The minimum Gasteiger partial charge on any atom is -0.364 e. The maximum Gasteiger partial charge on any atom is 0.277 e. The fourth-order valence-electron chi connectivity index (χ4n) is 4.45. The standard InChI is InChI=1S/C24H23N5O3/c25-23(31)21-19-13-15-28(24(32)22(19)29(26-21)18-6-2-1-3-7-18)17-11-9-16(10-12-17)27-14-5-4-8-20(27)30/h1-3,6-7,9-12H,4-5,8,13-15H2,(H2,25,31). The first kappa shape index (κ1) is 20.0. The molecule has 0 unspecified atom stereocenters. The molecule has 2 aliphatic rings. The van der Waals surface area contributed by atoms with Crippen molar-refractivity contribution in [3.8, 4) is 5.69 Å². The van der Waals surface area contributed by atoms with Crippen LogP contribution in [-0.4, -0.2) is 40.6 Å².